The Morgan fingerprint density at radius 2 is 1.84 bits per heavy atom. The van der Waals surface area contributed by atoms with Gasteiger partial charge in [-0.05, 0) is 49.4 Å². The number of imidazole rings is 1. The lowest BCUT2D eigenvalue weighted by Crippen LogP contribution is -2.32. The van der Waals surface area contributed by atoms with Gasteiger partial charge in [0.25, 0.3) is 0 Å². The highest BCUT2D eigenvalue weighted by Gasteiger charge is 2.34. The molecule has 2 amide bonds. The van der Waals surface area contributed by atoms with E-state index in [4.69, 9.17) is 11.6 Å². The van der Waals surface area contributed by atoms with Crippen LogP contribution in [0, 0.1) is 6.92 Å². The van der Waals surface area contributed by atoms with E-state index in [-0.39, 0.29) is 5.06 Å². The number of rotatable bonds is 3. The molecule has 32 heavy (non-hydrogen) atoms. The second kappa shape index (κ2) is 8.09. The number of benzene rings is 2. The van der Waals surface area contributed by atoms with Crippen LogP contribution >= 0.6 is 11.6 Å². The van der Waals surface area contributed by atoms with Gasteiger partial charge in [0, 0.05) is 11.4 Å². The summed E-state index contributed by atoms with van der Waals surface area (Å²) in [6.07, 6.45) is -1.71. The van der Waals surface area contributed by atoms with E-state index in [1.165, 1.54) is 6.33 Å². The maximum Gasteiger partial charge on any atom is 0.417 e. The van der Waals surface area contributed by atoms with Gasteiger partial charge >= 0.3 is 12.2 Å². The highest BCUT2D eigenvalue weighted by molar-refractivity contribution is 6.31. The molecule has 8 nitrogen and oxygen atoms in total. The number of hydrogen-bond acceptors (Lipinski definition) is 5. The molecule has 0 saturated carbocycles. The van der Waals surface area contributed by atoms with Gasteiger partial charge in [-0.1, -0.05) is 11.6 Å². The van der Waals surface area contributed by atoms with E-state index < -0.39 is 28.5 Å². The van der Waals surface area contributed by atoms with Crippen LogP contribution in [0.3, 0.4) is 0 Å². The minimum absolute atomic E-state index is 0.0720. The third-order valence-corrected chi connectivity index (χ3v) is 4.94. The molecular formula is C20H14ClF3N6O2. The van der Waals surface area contributed by atoms with Crippen molar-refractivity contribution in [3.63, 3.8) is 0 Å². The van der Waals surface area contributed by atoms with Crippen LogP contribution < -0.4 is 10.4 Å². The van der Waals surface area contributed by atoms with Crippen LogP contribution in [0.4, 0.5) is 29.3 Å². The van der Waals surface area contributed by atoms with Crippen LogP contribution in [-0.2, 0) is 6.18 Å². The Labute approximate surface area is 183 Å². The van der Waals surface area contributed by atoms with Gasteiger partial charge in [-0.15, -0.1) is 0 Å². The lowest BCUT2D eigenvalue weighted by Gasteiger charge is -2.18. The van der Waals surface area contributed by atoms with Gasteiger partial charge in [-0.25, -0.2) is 19.7 Å². The quantitative estimate of drug-likeness (QED) is 0.321. The van der Waals surface area contributed by atoms with Crippen molar-refractivity contribution in [3.8, 4) is 5.69 Å². The molecule has 12 heteroatoms. The number of nitrogens with one attached hydrogen (secondary N) is 1. The molecule has 0 atom stereocenters. The van der Waals surface area contributed by atoms with E-state index in [0.717, 1.165) is 17.8 Å². The number of nitrogens with zero attached hydrogens (tertiary/aromatic N) is 5. The monoisotopic (exact) mass is 462 g/mol. The van der Waals surface area contributed by atoms with Gasteiger partial charge < -0.3 is 5.32 Å². The number of alkyl halides is 3. The van der Waals surface area contributed by atoms with E-state index in [9.17, 15) is 23.2 Å². The van der Waals surface area contributed by atoms with E-state index >= 15 is 0 Å². The summed E-state index contributed by atoms with van der Waals surface area (Å²) in [7, 11) is 0. The average Bonchev–Trinajstić information content (AvgIpc) is 3.19. The van der Waals surface area contributed by atoms with Crippen molar-refractivity contribution in [3.05, 3.63) is 71.4 Å². The molecule has 0 aliphatic carbocycles. The number of anilines is 2. The molecular weight excluding hydrogens is 449 g/mol. The Morgan fingerprint density at radius 3 is 2.53 bits per heavy atom. The zero-order valence-electron chi connectivity index (χ0n) is 16.3. The standard InChI is InChI=1S/C20H14ClF3N6O2/c1-11-17-18(26-9-25-11)29(10-27-17)13-4-2-12(3-5-13)28-19(31)30(32)14-6-7-16(21)15(8-14)20(22,23)24/h2-10,32H,1H3,(H,28,31). The van der Waals surface area contributed by atoms with Gasteiger partial charge in [0.05, 0.1) is 22.0 Å². The minimum Gasteiger partial charge on any atom is -0.306 e. The molecule has 0 saturated heterocycles. The lowest BCUT2D eigenvalue weighted by molar-refractivity contribution is -0.137. The molecule has 4 rings (SSSR count). The van der Waals surface area contributed by atoms with Crippen LogP contribution in [0.15, 0.2) is 55.1 Å². The maximum absolute atomic E-state index is 13.0. The first-order valence-electron chi connectivity index (χ1n) is 9.07. The van der Waals surface area contributed by atoms with Crippen molar-refractivity contribution >= 4 is 40.2 Å². The molecule has 0 unspecified atom stereocenters. The molecule has 0 spiro atoms. The van der Waals surface area contributed by atoms with Gasteiger partial charge in [0.2, 0.25) is 0 Å². The normalized spacial score (nSPS) is 11.6. The molecule has 164 valence electrons. The molecule has 0 fully saturated rings. The summed E-state index contributed by atoms with van der Waals surface area (Å²) in [6, 6.07) is 8.05. The van der Waals surface area contributed by atoms with Gasteiger partial charge in [0.1, 0.15) is 18.2 Å². The Bertz CT molecular complexity index is 1310. The fourth-order valence-corrected chi connectivity index (χ4v) is 3.23. The summed E-state index contributed by atoms with van der Waals surface area (Å²) in [4.78, 5) is 24.9. The average molecular weight is 463 g/mol. The van der Waals surface area contributed by atoms with Crippen LogP contribution in [0.25, 0.3) is 16.9 Å². The fraction of sp³-hybridized carbons (Fsp3) is 0.100. The number of hydrogen-bond donors (Lipinski definition) is 2. The maximum atomic E-state index is 13.0. The summed E-state index contributed by atoms with van der Waals surface area (Å²) in [5.41, 5.74) is 1.45. The first-order chi connectivity index (χ1) is 15.1. The number of carbonyl (C=O) groups excluding carboxylic acids is 1. The van der Waals surface area contributed by atoms with Crippen molar-refractivity contribution in [1.82, 2.24) is 19.5 Å². The van der Waals surface area contributed by atoms with Gasteiger partial charge in [-0.3, -0.25) is 9.77 Å². The Morgan fingerprint density at radius 1 is 1.12 bits per heavy atom. The molecule has 2 N–H and O–H groups in total. The molecule has 0 aliphatic heterocycles. The van der Waals surface area contributed by atoms with Crippen molar-refractivity contribution in [2.75, 3.05) is 10.4 Å². The first kappa shape index (κ1) is 21.5. The lowest BCUT2D eigenvalue weighted by atomic mass is 10.2. The molecule has 2 aromatic heterocycles. The van der Waals surface area contributed by atoms with Crippen molar-refractivity contribution in [2.45, 2.75) is 13.1 Å². The highest BCUT2D eigenvalue weighted by atomic mass is 35.5. The third-order valence-electron chi connectivity index (χ3n) is 4.61. The first-order valence-corrected chi connectivity index (χ1v) is 9.45. The number of halogens is 4. The molecule has 0 radical (unpaired) electrons. The van der Waals surface area contributed by atoms with Crippen LogP contribution in [-0.4, -0.2) is 30.8 Å². The third kappa shape index (κ3) is 4.07. The van der Waals surface area contributed by atoms with Crippen molar-refractivity contribution < 1.29 is 23.2 Å². The number of fused-ring (bicyclic) bond motifs is 1. The minimum atomic E-state index is -4.73. The number of hydroxylamine groups is 1. The Kier molecular flexibility index (Phi) is 5.45. The topological polar surface area (TPSA) is 96.2 Å². The van der Waals surface area contributed by atoms with E-state index in [1.54, 1.807) is 35.2 Å². The molecule has 2 aromatic carbocycles. The molecule has 0 aliphatic rings. The van der Waals surface area contributed by atoms with Crippen molar-refractivity contribution in [2.24, 2.45) is 0 Å². The Balaban J connectivity index is 1.52. The number of carbonyl (C=O) groups is 1. The van der Waals surface area contributed by atoms with Gasteiger partial charge in [-0.2, -0.15) is 18.2 Å². The zero-order valence-corrected chi connectivity index (χ0v) is 17.1. The Hall–Kier alpha value is -3.70. The van der Waals surface area contributed by atoms with Crippen LogP contribution in [0.5, 0.6) is 0 Å². The summed E-state index contributed by atoms with van der Waals surface area (Å²) < 4.78 is 40.8. The van der Waals surface area contributed by atoms with E-state index in [0.29, 0.717) is 28.6 Å². The fourth-order valence-electron chi connectivity index (χ4n) is 3.00. The number of amides is 2. The predicted octanol–water partition coefficient (Wildman–Crippen LogP) is 5.22. The smallest absolute Gasteiger partial charge is 0.306 e. The van der Waals surface area contributed by atoms with Crippen LogP contribution in [0.2, 0.25) is 5.02 Å². The second-order valence-corrected chi connectivity index (χ2v) is 7.10. The second-order valence-electron chi connectivity index (χ2n) is 6.70. The molecule has 0 bridgehead atoms. The number of aryl methyl sites for hydroxylation is 1. The molecule has 4 aromatic rings. The van der Waals surface area contributed by atoms with Crippen molar-refractivity contribution in [1.29, 1.82) is 0 Å². The van der Waals surface area contributed by atoms with Gasteiger partial charge in [0.15, 0.2) is 5.65 Å². The zero-order chi connectivity index (χ0) is 23.0. The largest absolute Gasteiger partial charge is 0.417 e. The summed E-state index contributed by atoms with van der Waals surface area (Å²) >= 11 is 5.56. The number of urea groups is 1. The SMILES string of the molecule is Cc1ncnc2c1ncn2-c1ccc(NC(=O)N(O)c2ccc(Cl)c(C(F)(F)F)c2)cc1. The van der Waals surface area contributed by atoms with E-state index in [1.807, 2.05) is 6.92 Å². The highest BCUT2D eigenvalue weighted by Crippen LogP contribution is 2.36. The summed E-state index contributed by atoms with van der Waals surface area (Å²) in [5.74, 6) is 0. The summed E-state index contributed by atoms with van der Waals surface area (Å²) in [6.45, 7) is 1.82. The summed E-state index contributed by atoms with van der Waals surface area (Å²) in [5, 5.41) is 12.0. The number of aromatic nitrogens is 4. The molecule has 2 heterocycles. The van der Waals surface area contributed by atoms with Crippen LogP contribution in [0.1, 0.15) is 11.3 Å². The predicted molar refractivity (Wildman–Crippen MR) is 111 cm³/mol. The van der Waals surface area contributed by atoms with E-state index in [2.05, 4.69) is 20.3 Å².